The molecule has 13 heavy (non-hydrogen) atoms. The molecule has 0 aromatic carbocycles. The maximum Gasteiger partial charge on any atom is 0.0762 e. The second-order valence-corrected chi connectivity index (χ2v) is 4.13. The van der Waals surface area contributed by atoms with Gasteiger partial charge in [0.15, 0.2) is 0 Å². The summed E-state index contributed by atoms with van der Waals surface area (Å²) in [5, 5.41) is 7.71. The molecule has 1 atom stereocenters. The molecule has 0 saturated carbocycles. The first-order valence-corrected chi connectivity index (χ1v) is 5.82. The van der Waals surface area contributed by atoms with E-state index < -0.39 is 0 Å². The highest BCUT2D eigenvalue weighted by molar-refractivity contribution is 7.98. The molecule has 4 heteroatoms. The standard InChI is InChI=1S/C9H17N3S/c1-8(7-13-3)10-6-9-4-5-12(2)11-9/h4-5,8,10H,6-7H2,1-3H3. The van der Waals surface area contributed by atoms with Crippen LogP contribution in [0.1, 0.15) is 12.6 Å². The molecule has 1 aromatic heterocycles. The fourth-order valence-electron chi connectivity index (χ4n) is 1.15. The van der Waals surface area contributed by atoms with E-state index in [9.17, 15) is 0 Å². The van der Waals surface area contributed by atoms with Crippen LogP contribution in [0.25, 0.3) is 0 Å². The SMILES string of the molecule is CSCC(C)NCc1ccn(C)n1. The second kappa shape index (κ2) is 5.29. The van der Waals surface area contributed by atoms with Gasteiger partial charge in [0, 0.05) is 31.6 Å². The quantitative estimate of drug-likeness (QED) is 0.774. The highest BCUT2D eigenvalue weighted by Crippen LogP contribution is 1.98. The van der Waals surface area contributed by atoms with Gasteiger partial charge < -0.3 is 5.32 Å². The van der Waals surface area contributed by atoms with E-state index in [-0.39, 0.29) is 0 Å². The van der Waals surface area contributed by atoms with Gasteiger partial charge in [-0.2, -0.15) is 16.9 Å². The first kappa shape index (κ1) is 10.6. The van der Waals surface area contributed by atoms with Gasteiger partial charge in [0.2, 0.25) is 0 Å². The number of hydrogen-bond acceptors (Lipinski definition) is 3. The molecule has 0 aliphatic rings. The van der Waals surface area contributed by atoms with Crippen LogP contribution in [0, 0.1) is 0 Å². The number of hydrogen-bond donors (Lipinski definition) is 1. The van der Waals surface area contributed by atoms with Crippen molar-refractivity contribution < 1.29 is 0 Å². The van der Waals surface area contributed by atoms with Crippen LogP contribution >= 0.6 is 11.8 Å². The number of thioether (sulfide) groups is 1. The van der Waals surface area contributed by atoms with E-state index in [0.29, 0.717) is 6.04 Å². The number of aromatic nitrogens is 2. The molecule has 0 spiro atoms. The number of nitrogens with zero attached hydrogens (tertiary/aromatic N) is 2. The zero-order valence-corrected chi connectivity index (χ0v) is 9.27. The summed E-state index contributed by atoms with van der Waals surface area (Å²) >= 11 is 1.86. The summed E-state index contributed by atoms with van der Waals surface area (Å²) in [6, 6.07) is 2.59. The molecule has 1 unspecified atom stereocenters. The minimum atomic E-state index is 0.553. The van der Waals surface area contributed by atoms with Crippen molar-refractivity contribution >= 4 is 11.8 Å². The number of nitrogens with one attached hydrogen (secondary N) is 1. The van der Waals surface area contributed by atoms with Crippen molar-refractivity contribution in [1.82, 2.24) is 15.1 Å². The van der Waals surface area contributed by atoms with Crippen LogP contribution in [-0.4, -0.2) is 27.8 Å². The van der Waals surface area contributed by atoms with E-state index in [1.54, 1.807) is 0 Å². The fraction of sp³-hybridized carbons (Fsp3) is 0.667. The lowest BCUT2D eigenvalue weighted by molar-refractivity contribution is 0.581. The van der Waals surface area contributed by atoms with Gasteiger partial charge in [0.05, 0.1) is 5.69 Å². The van der Waals surface area contributed by atoms with Crippen molar-refractivity contribution in [1.29, 1.82) is 0 Å². The topological polar surface area (TPSA) is 29.9 Å². The van der Waals surface area contributed by atoms with Crippen molar-refractivity contribution in [2.75, 3.05) is 12.0 Å². The minimum Gasteiger partial charge on any atom is -0.308 e. The third-order valence-corrected chi connectivity index (χ3v) is 2.65. The number of rotatable bonds is 5. The van der Waals surface area contributed by atoms with Gasteiger partial charge in [0.25, 0.3) is 0 Å². The average Bonchev–Trinajstić information content (AvgIpc) is 2.49. The molecule has 3 nitrogen and oxygen atoms in total. The Bertz CT molecular complexity index is 247. The highest BCUT2D eigenvalue weighted by atomic mass is 32.2. The van der Waals surface area contributed by atoms with Crippen molar-refractivity contribution in [3.8, 4) is 0 Å². The summed E-state index contributed by atoms with van der Waals surface area (Å²) in [6.07, 6.45) is 4.09. The van der Waals surface area contributed by atoms with Crippen LogP contribution in [0.2, 0.25) is 0 Å². The fourth-order valence-corrected chi connectivity index (χ4v) is 1.76. The third-order valence-electron chi connectivity index (χ3n) is 1.82. The first-order chi connectivity index (χ1) is 6.22. The molecule has 0 amide bonds. The molecule has 1 heterocycles. The molecule has 74 valence electrons. The molecule has 0 bridgehead atoms. The summed E-state index contributed by atoms with van der Waals surface area (Å²) in [7, 11) is 1.94. The van der Waals surface area contributed by atoms with Crippen LogP contribution in [0.3, 0.4) is 0 Å². The lowest BCUT2D eigenvalue weighted by Crippen LogP contribution is -2.27. The summed E-state index contributed by atoms with van der Waals surface area (Å²) in [6.45, 7) is 3.06. The van der Waals surface area contributed by atoms with Crippen molar-refractivity contribution in [2.24, 2.45) is 7.05 Å². The molecule has 1 rings (SSSR count). The van der Waals surface area contributed by atoms with Crippen LogP contribution in [0.4, 0.5) is 0 Å². The molecule has 0 saturated heterocycles. The summed E-state index contributed by atoms with van der Waals surface area (Å²) < 4.78 is 1.83. The zero-order chi connectivity index (χ0) is 9.68. The molecular weight excluding hydrogens is 182 g/mol. The summed E-state index contributed by atoms with van der Waals surface area (Å²) in [5.74, 6) is 1.15. The van der Waals surface area contributed by atoms with Gasteiger partial charge >= 0.3 is 0 Å². The van der Waals surface area contributed by atoms with E-state index in [4.69, 9.17) is 0 Å². The van der Waals surface area contributed by atoms with Crippen LogP contribution in [0.5, 0.6) is 0 Å². The van der Waals surface area contributed by atoms with E-state index in [1.165, 1.54) is 0 Å². The maximum atomic E-state index is 4.29. The summed E-state index contributed by atoms with van der Waals surface area (Å²) in [4.78, 5) is 0. The average molecular weight is 199 g/mol. The molecule has 1 N–H and O–H groups in total. The largest absolute Gasteiger partial charge is 0.308 e. The lowest BCUT2D eigenvalue weighted by Gasteiger charge is -2.10. The Balaban J connectivity index is 2.26. The third kappa shape index (κ3) is 3.83. The predicted octanol–water partition coefficient (Wildman–Crippen LogP) is 1.26. The van der Waals surface area contributed by atoms with Crippen LogP contribution < -0.4 is 5.32 Å². The van der Waals surface area contributed by atoms with E-state index in [2.05, 4.69) is 23.6 Å². The normalized spacial score (nSPS) is 13.2. The Morgan fingerprint density at radius 1 is 1.69 bits per heavy atom. The van der Waals surface area contributed by atoms with Gasteiger partial charge in [-0.1, -0.05) is 0 Å². The van der Waals surface area contributed by atoms with E-state index >= 15 is 0 Å². The van der Waals surface area contributed by atoms with Gasteiger partial charge in [-0.15, -0.1) is 0 Å². The van der Waals surface area contributed by atoms with Crippen LogP contribution in [0.15, 0.2) is 12.3 Å². The zero-order valence-electron chi connectivity index (χ0n) is 8.45. The molecular formula is C9H17N3S. The van der Waals surface area contributed by atoms with Gasteiger partial charge in [-0.25, -0.2) is 0 Å². The molecule has 0 fully saturated rings. The molecule has 0 aliphatic heterocycles. The Hall–Kier alpha value is -0.480. The van der Waals surface area contributed by atoms with Crippen molar-refractivity contribution in [3.63, 3.8) is 0 Å². The van der Waals surface area contributed by atoms with Crippen molar-refractivity contribution in [3.05, 3.63) is 18.0 Å². The molecule has 1 aromatic rings. The monoisotopic (exact) mass is 199 g/mol. The highest BCUT2D eigenvalue weighted by Gasteiger charge is 2.01. The van der Waals surface area contributed by atoms with Gasteiger partial charge in [0.1, 0.15) is 0 Å². The number of aryl methyl sites for hydroxylation is 1. The summed E-state index contributed by atoms with van der Waals surface area (Å²) in [5.41, 5.74) is 1.11. The Kier molecular flexibility index (Phi) is 4.32. The Labute approximate surface area is 83.9 Å². The molecule has 0 aliphatic carbocycles. The second-order valence-electron chi connectivity index (χ2n) is 3.22. The van der Waals surface area contributed by atoms with E-state index in [1.807, 2.05) is 35.8 Å². The predicted molar refractivity (Wildman–Crippen MR) is 57.9 cm³/mol. The Morgan fingerprint density at radius 2 is 2.46 bits per heavy atom. The van der Waals surface area contributed by atoms with E-state index in [0.717, 1.165) is 18.0 Å². The van der Waals surface area contributed by atoms with Gasteiger partial charge in [-0.05, 0) is 19.2 Å². The smallest absolute Gasteiger partial charge is 0.0762 e. The first-order valence-electron chi connectivity index (χ1n) is 4.43. The lowest BCUT2D eigenvalue weighted by atomic mass is 10.3. The van der Waals surface area contributed by atoms with Crippen molar-refractivity contribution in [2.45, 2.75) is 19.5 Å². The van der Waals surface area contributed by atoms with Gasteiger partial charge in [-0.3, -0.25) is 4.68 Å². The maximum absolute atomic E-state index is 4.29. The van der Waals surface area contributed by atoms with Crippen LogP contribution in [-0.2, 0) is 13.6 Å². The Morgan fingerprint density at radius 3 is 3.00 bits per heavy atom. The minimum absolute atomic E-state index is 0.553. The molecule has 0 radical (unpaired) electrons.